The summed E-state index contributed by atoms with van der Waals surface area (Å²) in [6, 6.07) is 0. The van der Waals surface area contributed by atoms with Gasteiger partial charge >= 0.3 is 0 Å². The first-order valence-electron chi connectivity index (χ1n) is 6.72. The molecular formula is C14H18F5P. The Balaban J connectivity index is 3.03. The van der Waals surface area contributed by atoms with Crippen LogP contribution in [0.2, 0.25) is 0 Å². The highest BCUT2D eigenvalue weighted by Gasteiger charge is 2.29. The largest absolute Gasteiger partial charge is 0.203 e. The topological polar surface area (TPSA) is 0 Å². The van der Waals surface area contributed by atoms with Gasteiger partial charge in [-0.15, -0.1) is 0 Å². The first-order valence-corrected chi connectivity index (χ1v) is 8.43. The second-order valence-corrected chi connectivity index (χ2v) is 7.17. The molecule has 0 aliphatic rings. The highest BCUT2D eigenvalue weighted by atomic mass is 31.1. The summed E-state index contributed by atoms with van der Waals surface area (Å²) in [7, 11) is -1.35. The van der Waals surface area contributed by atoms with Crippen LogP contribution in [0.15, 0.2) is 0 Å². The van der Waals surface area contributed by atoms with E-state index in [1.165, 1.54) is 0 Å². The van der Waals surface area contributed by atoms with Crippen molar-refractivity contribution in [1.29, 1.82) is 0 Å². The lowest BCUT2D eigenvalue weighted by Gasteiger charge is -2.18. The molecule has 0 saturated heterocycles. The Morgan fingerprint density at radius 2 is 1.20 bits per heavy atom. The van der Waals surface area contributed by atoms with Gasteiger partial charge in [0.15, 0.2) is 23.3 Å². The molecule has 1 rings (SSSR count). The van der Waals surface area contributed by atoms with Crippen LogP contribution in [-0.4, -0.2) is 12.3 Å². The number of benzene rings is 1. The van der Waals surface area contributed by atoms with E-state index in [1.807, 2.05) is 6.92 Å². The van der Waals surface area contributed by atoms with Gasteiger partial charge in [-0.05, 0) is 18.7 Å². The van der Waals surface area contributed by atoms with Gasteiger partial charge in [0, 0.05) is 0 Å². The highest BCUT2D eigenvalue weighted by Crippen LogP contribution is 2.38. The van der Waals surface area contributed by atoms with Crippen LogP contribution in [0.1, 0.15) is 39.5 Å². The van der Waals surface area contributed by atoms with Crippen LogP contribution < -0.4 is 5.30 Å². The van der Waals surface area contributed by atoms with Crippen LogP contribution in [-0.2, 0) is 0 Å². The van der Waals surface area contributed by atoms with Gasteiger partial charge in [0.25, 0.3) is 0 Å². The van der Waals surface area contributed by atoms with Gasteiger partial charge in [-0.2, -0.15) is 0 Å². The van der Waals surface area contributed by atoms with Gasteiger partial charge in [-0.3, -0.25) is 0 Å². The van der Waals surface area contributed by atoms with E-state index in [0.717, 1.165) is 25.7 Å². The molecule has 0 aromatic heterocycles. The fourth-order valence-electron chi connectivity index (χ4n) is 2.03. The van der Waals surface area contributed by atoms with Gasteiger partial charge in [-0.25, -0.2) is 22.0 Å². The summed E-state index contributed by atoms with van der Waals surface area (Å²) in [6.45, 7) is 3.75. The third-order valence-corrected chi connectivity index (χ3v) is 5.81. The standard InChI is InChI=1S/C14H18F5P/c1-3-5-6-7-8-20(4-2)14-12(18)10(16)9(15)11(17)13(14)19/h3-8H2,1-2H3. The van der Waals surface area contributed by atoms with Crippen LogP contribution in [0, 0.1) is 29.1 Å². The van der Waals surface area contributed by atoms with Crippen molar-refractivity contribution in [2.24, 2.45) is 0 Å². The summed E-state index contributed by atoms with van der Waals surface area (Å²) in [5.74, 6) is -9.09. The van der Waals surface area contributed by atoms with Crippen LogP contribution in [0.3, 0.4) is 0 Å². The molecule has 0 nitrogen and oxygen atoms in total. The Kier molecular flexibility index (Phi) is 6.87. The summed E-state index contributed by atoms with van der Waals surface area (Å²) in [5, 5.41) is -0.601. The summed E-state index contributed by atoms with van der Waals surface area (Å²) in [4.78, 5) is 0. The molecule has 0 heterocycles. The predicted octanol–water partition coefficient (Wildman–Crippen LogP) is 5.09. The molecule has 0 saturated carbocycles. The molecule has 6 heteroatoms. The van der Waals surface area contributed by atoms with Crippen LogP contribution in [0.5, 0.6) is 0 Å². The lowest BCUT2D eigenvalue weighted by Crippen LogP contribution is -2.21. The smallest absolute Gasteiger partial charge is 0.200 e. The van der Waals surface area contributed by atoms with Crippen molar-refractivity contribution in [2.75, 3.05) is 12.3 Å². The predicted molar refractivity (Wildman–Crippen MR) is 72.3 cm³/mol. The Hall–Kier alpha value is -0.700. The minimum Gasteiger partial charge on any atom is -0.203 e. The molecule has 0 N–H and O–H groups in total. The monoisotopic (exact) mass is 312 g/mol. The third-order valence-electron chi connectivity index (χ3n) is 3.17. The first-order chi connectivity index (χ1) is 9.45. The Morgan fingerprint density at radius 1 is 0.700 bits per heavy atom. The third kappa shape index (κ3) is 3.69. The zero-order valence-corrected chi connectivity index (χ0v) is 12.5. The molecule has 0 bridgehead atoms. The quantitative estimate of drug-likeness (QED) is 0.216. The summed E-state index contributed by atoms with van der Waals surface area (Å²) >= 11 is 0. The first kappa shape index (κ1) is 17.4. The van der Waals surface area contributed by atoms with E-state index in [2.05, 4.69) is 0 Å². The second kappa shape index (κ2) is 7.92. The maximum atomic E-state index is 13.7. The van der Waals surface area contributed by atoms with E-state index in [0.29, 0.717) is 12.3 Å². The molecule has 0 radical (unpaired) electrons. The molecule has 0 amide bonds. The molecule has 114 valence electrons. The Labute approximate surface area is 117 Å². The molecular weight excluding hydrogens is 294 g/mol. The van der Waals surface area contributed by atoms with Crippen molar-refractivity contribution >= 4 is 13.2 Å². The van der Waals surface area contributed by atoms with Crippen molar-refractivity contribution in [3.63, 3.8) is 0 Å². The summed E-state index contributed by atoms with van der Waals surface area (Å²) in [5.41, 5.74) is 0. The maximum absolute atomic E-state index is 13.7. The molecule has 0 fully saturated rings. The second-order valence-electron chi connectivity index (χ2n) is 4.56. The summed E-state index contributed by atoms with van der Waals surface area (Å²) in [6.07, 6.45) is 4.57. The number of rotatable bonds is 7. The molecule has 0 spiro atoms. The molecule has 1 atom stereocenters. The molecule has 1 aromatic rings. The molecule has 1 aromatic carbocycles. The van der Waals surface area contributed by atoms with Gasteiger partial charge in [0.2, 0.25) is 5.82 Å². The van der Waals surface area contributed by atoms with Crippen molar-refractivity contribution < 1.29 is 22.0 Å². The zero-order chi connectivity index (χ0) is 15.3. The van der Waals surface area contributed by atoms with E-state index < -0.39 is 42.3 Å². The lowest BCUT2D eigenvalue weighted by molar-refractivity contribution is 0.384. The van der Waals surface area contributed by atoms with Gasteiger partial charge < -0.3 is 0 Å². The molecule has 20 heavy (non-hydrogen) atoms. The van der Waals surface area contributed by atoms with Crippen LogP contribution >= 0.6 is 7.92 Å². The van der Waals surface area contributed by atoms with Crippen LogP contribution in [0.25, 0.3) is 0 Å². The van der Waals surface area contributed by atoms with Gasteiger partial charge in [0.05, 0.1) is 5.30 Å². The minimum absolute atomic E-state index is 0.403. The number of halogens is 5. The Bertz CT molecular complexity index is 432. The Morgan fingerprint density at radius 3 is 1.65 bits per heavy atom. The fourth-order valence-corrected chi connectivity index (χ4v) is 4.24. The van der Waals surface area contributed by atoms with Crippen molar-refractivity contribution in [2.45, 2.75) is 39.5 Å². The number of hydrogen-bond acceptors (Lipinski definition) is 0. The molecule has 0 aliphatic carbocycles. The van der Waals surface area contributed by atoms with E-state index >= 15 is 0 Å². The van der Waals surface area contributed by atoms with Crippen molar-refractivity contribution in [3.8, 4) is 0 Å². The van der Waals surface area contributed by atoms with Gasteiger partial charge in [0.1, 0.15) is 0 Å². The van der Waals surface area contributed by atoms with Gasteiger partial charge in [-0.1, -0.05) is 41.0 Å². The summed E-state index contributed by atoms with van der Waals surface area (Å²) < 4.78 is 66.8. The van der Waals surface area contributed by atoms with Crippen molar-refractivity contribution in [1.82, 2.24) is 0 Å². The van der Waals surface area contributed by atoms with Crippen molar-refractivity contribution in [3.05, 3.63) is 29.1 Å². The van der Waals surface area contributed by atoms with Crippen LogP contribution in [0.4, 0.5) is 22.0 Å². The average Bonchev–Trinajstić information content (AvgIpc) is 2.45. The van der Waals surface area contributed by atoms with E-state index in [9.17, 15) is 22.0 Å². The molecule has 0 aliphatic heterocycles. The van der Waals surface area contributed by atoms with E-state index in [4.69, 9.17) is 0 Å². The normalized spacial score (nSPS) is 12.8. The van der Waals surface area contributed by atoms with E-state index in [-0.39, 0.29) is 0 Å². The number of hydrogen-bond donors (Lipinski definition) is 0. The SMILES string of the molecule is CCCCCCP(CC)c1c(F)c(F)c(F)c(F)c1F. The average molecular weight is 312 g/mol. The minimum atomic E-state index is -2.08. The maximum Gasteiger partial charge on any atom is 0.200 e. The highest BCUT2D eigenvalue weighted by molar-refractivity contribution is 7.65. The zero-order valence-electron chi connectivity index (χ0n) is 11.6. The lowest BCUT2D eigenvalue weighted by atomic mass is 10.2. The molecule has 1 unspecified atom stereocenters. The number of unbranched alkanes of at least 4 members (excludes halogenated alkanes) is 3. The van der Waals surface area contributed by atoms with E-state index in [1.54, 1.807) is 6.92 Å². The fraction of sp³-hybridized carbons (Fsp3) is 0.571.